The zero-order chi connectivity index (χ0) is 31.1. The van der Waals surface area contributed by atoms with Crippen LogP contribution in [0.1, 0.15) is 64.7 Å². The molecule has 3 amide bonds. The van der Waals surface area contributed by atoms with Gasteiger partial charge in [-0.2, -0.15) is 0 Å². The lowest BCUT2D eigenvalue weighted by molar-refractivity contribution is -0.142. The predicted molar refractivity (Wildman–Crippen MR) is 168 cm³/mol. The van der Waals surface area contributed by atoms with Gasteiger partial charge in [0.05, 0.1) is 12.8 Å². The average molecular weight is 597 g/mol. The van der Waals surface area contributed by atoms with E-state index in [4.69, 9.17) is 10.5 Å². The van der Waals surface area contributed by atoms with Gasteiger partial charge in [-0.25, -0.2) is 0 Å². The third-order valence-electron chi connectivity index (χ3n) is 8.54. The number of anilines is 1. The minimum Gasteiger partial charge on any atom is -0.495 e. The summed E-state index contributed by atoms with van der Waals surface area (Å²) in [6.07, 6.45) is 4.67. The van der Waals surface area contributed by atoms with Crippen LogP contribution in [0.25, 0.3) is 0 Å². The number of hydrogen-bond acceptors (Lipinski definition) is 6. The molecule has 0 unspecified atom stereocenters. The van der Waals surface area contributed by atoms with Gasteiger partial charge in [-0.15, -0.1) is 0 Å². The molecule has 2 aliphatic rings. The average Bonchev–Trinajstić information content (AvgIpc) is 3.06. The van der Waals surface area contributed by atoms with E-state index in [-0.39, 0.29) is 44.0 Å². The van der Waals surface area contributed by atoms with Crippen LogP contribution in [0.3, 0.4) is 0 Å². The summed E-state index contributed by atoms with van der Waals surface area (Å²) < 4.78 is 5.58. The minimum atomic E-state index is -0.915. The second-order valence-electron chi connectivity index (χ2n) is 11.5. The number of ether oxygens (including phenoxy) is 1. The lowest BCUT2D eigenvalue weighted by Crippen LogP contribution is -2.56. The fraction of sp³-hybridized carbons (Fsp3) is 0.371. The summed E-state index contributed by atoms with van der Waals surface area (Å²) in [5.41, 5.74) is 11.3. The fourth-order valence-electron chi connectivity index (χ4n) is 6.10. The Morgan fingerprint density at radius 1 is 0.909 bits per heavy atom. The number of benzene rings is 3. The van der Waals surface area contributed by atoms with Crippen LogP contribution < -0.4 is 21.1 Å². The van der Waals surface area contributed by atoms with E-state index in [9.17, 15) is 19.2 Å². The van der Waals surface area contributed by atoms with Crippen molar-refractivity contribution in [1.82, 2.24) is 10.2 Å². The molecule has 0 spiro atoms. The van der Waals surface area contributed by atoms with Crippen LogP contribution in [-0.4, -0.2) is 54.1 Å². The van der Waals surface area contributed by atoms with Crippen LogP contribution in [0, 0.1) is 0 Å². The van der Waals surface area contributed by atoms with E-state index in [1.165, 1.54) is 16.0 Å². The number of nitrogens with zero attached hydrogens (tertiary/aromatic N) is 1. The lowest BCUT2D eigenvalue weighted by Gasteiger charge is -2.36. The number of amides is 3. The first-order chi connectivity index (χ1) is 21.4. The van der Waals surface area contributed by atoms with Crippen LogP contribution >= 0.6 is 0 Å². The molecule has 1 heterocycles. The molecule has 4 N–H and O–H groups in total. The second kappa shape index (κ2) is 14.3. The third-order valence-corrected chi connectivity index (χ3v) is 8.54. The maximum Gasteiger partial charge on any atom is 0.247 e. The monoisotopic (exact) mass is 596 g/mol. The highest BCUT2D eigenvalue weighted by Gasteiger charge is 2.36. The first-order valence-electron chi connectivity index (χ1n) is 15.3. The Balaban J connectivity index is 1.31. The number of nitrogens with two attached hydrogens (primary N) is 1. The summed E-state index contributed by atoms with van der Waals surface area (Å²) in [5.74, 6) is -0.687. The number of nitrogens with one attached hydrogen (secondary N) is 2. The Bertz CT molecular complexity index is 1520. The number of methoxy groups -OCH3 is 1. The molecule has 1 aliphatic heterocycles. The summed E-state index contributed by atoms with van der Waals surface area (Å²) in [7, 11) is 1.57. The Morgan fingerprint density at radius 3 is 2.30 bits per heavy atom. The molecule has 0 aromatic heterocycles. The normalized spacial score (nSPS) is 16.2. The van der Waals surface area contributed by atoms with Crippen LogP contribution in [0.5, 0.6) is 5.75 Å². The molecule has 5 rings (SSSR count). The standard InChI is InChI=1S/C35H40N4O5/c1-44-32-21-26-13-6-5-11-24(26)19-29(32)38-34(42)28(17-18-36)37-35(43)30-20-25-12-7-8-14-27(25)22-39(30)33(41)16-15-31(40)23-9-3-2-4-10-23/h2-4,7-10,12,14,19,21,28,30H,5-6,11,13,15-18,20,22,36H2,1H3,(H,37,43)(H,38,42)/t28-,30-/m0/s1. The molecule has 3 aromatic rings. The van der Waals surface area contributed by atoms with Gasteiger partial charge in [0.2, 0.25) is 17.7 Å². The number of carbonyl (C=O) groups excluding carboxylic acids is 4. The molecule has 2 atom stereocenters. The Morgan fingerprint density at radius 2 is 1.59 bits per heavy atom. The van der Waals surface area contributed by atoms with Gasteiger partial charge in [0, 0.05) is 31.4 Å². The van der Waals surface area contributed by atoms with Crippen molar-refractivity contribution in [2.24, 2.45) is 5.73 Å². The summed E-state index contributed by atoms with van der Waals surface area (Å²) >= 11 is 0. The second-order valence-corrected chi connectivity index (χ2v) is 11.5. The van der Waals surface area contributed by atoms with Crippen LogP contribution in [0.2, 0.25) is 0 Å². The predicted octanol–water partition coefficient (Wildman–Crippen LogP) is 3.96. The van der Waals surface area contributed by atoms with Crippen molar-refractivity contribution in [3.05, 3.63) is 94.5 Å². The number of carbonyl (C=O) groups is 4. The van der Waals surface area contributed by atoms with Crippen molar-refractivity contribution >= 4 is 29.2 Å². The van der Waals surface area contributed by atoms with Crippen molar-refractivity contribution in [3.8, 4) is 5.75 Å². The topological polar surface area (TPSA) is 131 Å². The van der Waals surface area contributed by atoms with Crippen LogP contribution in [0.4, 0.5) is 5.69 Å². The Hall–Kier alpha value is -4.50. The SMILES string of the molecule is COc1cc2c(cc1NC(=O)[C@H](CCN)NC(=O)[C@@H]1Cc3ccccc3CN1C(=O)CCC(=O)c1ccccc1)CCCC2. The van der Waals surface area contributed by atoms with E-state index in [0.717, 1.165) is 36.8 Å². The highest BCUT2D eigenvalue weighted by molar-refractivity contribution is 6.00. The van der Waals surface area contributed by atoms with Crippen molar-refractivity contribution in [3.63, 3.8) is 0 Å². The Labute approximate surface area is 258 Å². The van der Waals surface area contributed by atoms with Gasteiger partial charge in [0.25, 0.3) is 0 Å². The van der Waals surface area contributed by atoms with E-state index in [1.807, 2.05) is 42.5 Å². The highest BCUT2D eigenvalue weighted by atomic mass is 16.5. The molecular formula is C35H40N4O5. The van der Waals surface area contributed by atoms with Crippen molar-refractivity contribution < 1.29 is 23.9 Å². The number of aryl methyl sites for hydroxylation is 2. The highest BCUT2D eigenvalue weighted by Crippen LogP contribution is 2.33. The molecule has 9 nitrogen and oxygen atoms in total. The maximum atomic E-state index is 13.8. The largest absolute Gasteiger partial charge is 0.495 e. The van der Waals surface area contributed by atoms with Crippen molar-refractivity contribution in [2.45, 2.75) is 70.0 Å². The summed E-state index contributed by atoms with van der Waals surface area (Å²) in [6, 6.07) is 18.7. The van der Waals surface area contributed by atoms with Gasteiger partial charge in [0.15, 0.2) is 5.78 Å². The molecule has 1 aliphatic carbocycles. The fourth-order valence-corrected chi connectivity index (χ4v) is 6.10. The summed E-state index contributed by atoms with van der Waals surface area (Å²) in [4.78, 5) is 55.1. The zero-order valence-electron chi connectivity index (χ0n) is 25.1. The summed E-state index contributed by atoms with van der Waals surface area (Å²) in [5, 5.41) is 5.83. The smallest absolute Gasteiger partial charge is 0.247 e. The molecule has 0 bridgehead atoms. The van der Waals surface area contributed by atoms with Gasteiger partial charge in [-0.1, -0.05) is 54.6 Å². The first kappa shape index (κ1) is 30.9. The van der Waals surface area contributed by atoms with E-state index in [2.05, 4.69) is 10.6 Å². The number of hydrogen-bond donors (Lipinski definition) is 3. The molecule has 0 saturated carbocycles. The van der Waals surface area contributed by atoms with Gasteiger partial charge in [-0.3, -0.25) is 19.2 Å². The quantitative estimate of drug-likeness (QED) is 0.287. The number of rotatable bonds is 11. The molecule has 230 valence electrons. The number of ketones is 1. The number of Topliss-reactive ketones (excluding diaryl/α,β-unsaturated/α-hetero) is 1. The zero-order valence-corrected chi connectivity index (χ0v) is 25.1. The summed E-state index contributed by atoms with van der Waals surface area (Å²) in [6.45, 7) is 0.421. The van der Waals surface area contributed by atoms with E-state index in [0.29, 0.717) is 23.4 Å². The van der Waals surface area contributed by atoms with Crippen molar-refractivity contribution in [1.29, 1.82) is 0 Å². The van der Waals surface area contributed by atoms with Crippen LogP contribution in [-0.2, 0) is 40.2 Å². The minimum absolute atomic E-state index is 0.0233. The molecule has 0 radical (unpaired) electrons. The van der Waals surface area contributed by atoms with Gasteiger partial charge in [0.1, 0.15) is 17.8 Å². The maximum absolute atomic E-state index is 13.8. The number of fused-ring (bicyclic) bond motifs is 2. The lowest BCUT2D eigenvalue weighted by atomic mass is 9.91. The molecule has 3 aromatic carbocycles. The molecule has 44 heavy (non-hydrogen) atoms. The molecule has 0 saturated heterocycles. The van der Waals surface area contributed by atoms with Gasteiger partial charge >= 0.3 is 0 Å². The molecule has 9 heteroatoms. The van der Waals surface area contributed by atoms with E-state index >= 15 is 0 Å². The van der Waals surface area contributed by atoms with Crippen molar-refractivity contribution in [2.75, 3.05) is 19.0 Å². The van der Waals surface area contributed by atoms with Crippen LogP contribution in [0.15, 0.2) is 66.7 Å². The van der Waals surface area contributed by atoms with E-state index < -0.39 is 23.9 Å². The first-order valence-corrected chi connectivity index (χ1v) is 15.3. The van der Waals surface area contributed by atoms with Gasteiger partial charge < -0.3 is 26.0 Å². The molecule has 0 fully saturated rings. The van der Waals surface area contributed by atoms with Gasteiger partial charge in [-0.05, 0) is 73.0 Å². The molecular weight excluding hydrogens is 556 g/mol. The van der Waals surface area contributed by atoms with E-state index in [1.54, 1.807) is 31.4 Å². The third kappa shape index (κ3) is 7.17. The Kier molecular flexibility index (Phi) is 10.1.